The minimum atomic E-state index is -0.0532. The van der Waals surface area contributed by atoms with Crippen molar-refractivity contribution < 1.29 is 4.79 Å². The van der Waals surface area contributed by atoms with Gasteiger partial charge >= 0.3 is 0 Å². The van der Waals surface area contributed by atoms with Crippen LogP contribution in [0.1, 0.15) is 20.8 Å². The monoisotopic (exact) mass is 208 g/mol. The van der Waals surface area contributed by atoms with Gasteiger partial charge in [-0.1, -0.05) is 13.8 Å². The van der Waals surface area contributed by atoms with Gasteiger partial charge in [0.15, 0.2) is 0 Å². The molecule has 15 heavy (non-hydrogen) atoms. The molecule has 0 aliphatic heterocycles. The van der Waals surface area contributed by atoms with E-state index in [2.05, 4.69) is 20.6 Å². The second-order valence-electron chi connectivity index (χ2n) is 3.46. The molecule has 0 aliphatic rings. The molecule has 0 saturated carbocycles. The zero-order valence-electron chi connectivity index (χ0n) is 9.24. The number of aromatic nitrogens is 2. The lowest BCUT2D eigenvalue weighted by Gasteiger charge is -2.07. The summed E-state index contributed by atoms with van der Waals surface area (Å²) in [5.74, 6) is 1.14. The highest BCUT2D eigenvalue weighted by Gasteiger charge is 2.07. The van der Waals surface area contributed by atoms with E-state index in [1.807, 2.05) is 20.8 Å². The summed E-state index contributed by atoms with van der Waals surface area (Å²) in [6.07, 6.45) is 1.42. The van der Waals surface area contributed by atoms with Crippen LogP contribution in [0.2, 0.25) is 0 Å². The highest BCUT2D eigenvalue weighted by molar-refractivity contribution is 5.91. The maximum Gasteiger partial charge on any atom is 0.228 e. The molecule has 2 N–H and O–H groups in total. The molecule has 0 unspecified atom stereocenters. The van der Waals surface area contributed by atoms with Gasteiger partial charge in [-0.2, -0.15) is 0 Å². The first-order chi connectivity index (χ1) is 7.13. The van der Waals surface area contributed by atoms with E-state index in [1.165, 1.54) is 6.33 Å². The van der Waals surface area contributed by atoms with Gasteiger partial charge in [-0.15, -0.1) is 0 Å². The number of nitrogens with one attached hydrogen (secondary N) is 2. The quantitative estimate of drug-likeness (QED) is 0.787. The number of hydrogen-bond acceptors (Lipinski definition) is 4. The fourth-order valence-electron chi connectivity index (χ4n) is 0.974. The van der Waals surface area contributed by atoms with Gasteiger partial charge in [0.25, 0.3) is 0 Å². The van der Waals surface area contributed by atoms with Gasteiger partial charge in [0, 0.05) is 18.5 Å². The van der Waals surface area contributed by atoms with Crippen LogP contribution in [0.5, 0.6) is 0 Å². The molecule has 0 bridgehead atoms. The van der Waals surface area contributed by atoms with E-state index in [0.29, 0.717) is 11.6 Å². The summed E-state index contributed by atoms with van der Waals surface area (Å²) in [4.78, 5) is 19.4. The fraction of sp³-hybridized carbons (Fsp3) is 0.500. The molecule has 5 nitrogen and oxygen atoms in total. The number of nitrogens with zero attached hydrogens (tertiary/aromatic N) is 2. The van der Waals surface area contributed by atoms with Crippen molar-refractivity contribution in [2.24, 2.45) is 5.92 Å². The Morgan fingerprint density at radius 1 is 1.40 bits per heavy atom. The molecule has 0 aromatic carbocycles. The van der Waals surface area contributed by atoms with E-state index in [-0.39, 0.29) is 11.8 Å². The third kappa shape index (κ3) is 3.53. The van der Waals surface area contributed by atoms with Gasteiger partial charge in [0.2, 0.25) is 5.91 Å². The molecule has 0 aliphatic carbocycles. The fourth-order valence-corrected chi connectivity index (χ4v) is 0.974. The molecular weight excluding hydrogens is 192 g/mol. The van der Waals surface area contributed by atoms with Crippen molar-refractivity contribution in [3.05, 3.63) is 12.4 Å². The topological polar surface area (TPSA) is 66.9 Å². The van der Waals surface area contributed by atoms with Crippen molar-refractivity contribution in [2.45, 2.75) is 20.8 Å². The molecule has 1 amide bonds. The lowest BCUT2D eigenvalue weighted by atomic mass is 10.2. The first-order valence-electron chi connectivity index (χ1n) is 5.00. The Kier molecular flexibility index (Phi) is 4.03. The van der Waals surface area contributed by atoms with Gasteiger partial charge < -0.3 is 10.6 Å². The molecule has 1 aromatic heterocycles. The highest BCUT2D eigenvalue weighted by Crippen LogP contribution is 2.09. The number of amides is 1. The van der Waals surface area contributed by atoms with Crippen molar-refractivity contribution in [2.75, 3.05) is 17.2 Å². The second-order valence-corrected chi connectivity index (χ2v) is 3.46. The maximum absolute atomic E-state index is 11.4. The van der Waals surface area contributed by atoms with Crippen molar-refractivity contribution in [3.8, 4) is 0 Å². The lowest BCUT2D eigenvalue weighted by Crippen LogP contribution is -2.18. The van der Waals surface area contributed by atoms with Gasteiger partial charge in [-0.25, -0.2) is 9.97 Å². The van der Waals surface area contributed by atoms with Gasteiger partial charge in [-0.05, 0) is 6.92 Å². The molecule has 1 heterocycles. The Bertz CT molecular complexity index is 338. The van der Waals surface area contributed by atoms with Crippen LogP contribution in [0, 0.1) is 5.92 Å². The Labute approximate surface area is 89.3 Å². The number of hydrogen-bond donors (Lipinski definition) is 2. The molecule has 0 atom stereocenters. The Hall–Kier alpha value is -1.65. The van der Waals surface area contributed by atoms with Crippen LogP contribution in [0.4, 0.5) is 11.6 Å². The summed E-state index contributed by atoms with van der Waals surface area (Å²) in [7, 11) is 0. The van der Waals surface area contributed by atoms with Gasteiger partial charge in [-0.3, -0.25) is 4.79 Å². The molecule has 0 saturated heterocycles. The van der Waals surface area contributed by atoms with E-state index in [0.717, 1.165) is 6.54 Å². The molecule has 5 heteroatoms. The minimum absolute atomic E-state index is 0.0452. The zero-order valence-corrected chi connectivity index (χ0v) is 9.24. The summed E-state index contributed by atoms with van der Waals surface area (Å²) in [5, 5.41) is 5.76. The van der Waals surface area contributed by atoms with Crippen LogP contribution >= 0.6 is 0 Å². The van der Waals surface area contributed by atoms with Gasteiger partial charge in [0.05, 0.1) is 0 Å². The van der Waals surface area contributed by atoms with Gasteiger partial charge in [0.1, 0.15) is 18.0 Å². The van der Waals surface area contributed by atoms with Crippen molar-refractivity contribution in [3.63, 3.8) is 0 Å². The largest absolute Gasteiger partial charge is 0.370 e. The summed E-state index contributed by atoms with van der Waals surface area (Å²) in [6.45, 7) is 6.44. The minimum Gasteiger partial charge on any atom is -0.370 e. The zero-order chi connectivity index (χ0) is 11.3. The molecule has 0 radical (unpaired) electrons. The molecule has 1 rings (SSSR count). The lowest BCUT2D eigenvalue weighted by molar-refractivity contribution is -0.118. The van der Waals surface area contributed by atoms with Crippen molar-refractivity contribution in [1.82, 2.24) is 9.97 Å². The van der Waals surface area contributed by atoms with Crippen molar-refractivity contribution >= 4 is 17.5 Å². The molecule has 0 spiro atoms. The SMILES string of the molecule is CCNc1cc(NC(=O)C(C)C)ncn1. The Morgan fingerprint density at radius 2 is 2.07 bits per heavy atom. The van der Waals surface area contributed by atoms with Crippen LogP contribution in [-0.4, -0.2) is 22.4 Å². The smallest absolute Gasteiger partial charge is 0.228 e. The molecule has 1 aromatic rings. The van der Waals surface area contributed by atoms with E-state index in [1.54, 1.807) is 6.07 Å². The maximum atomic E-state index is 11.4. The predicted octanol–water partition coefficient (Wildman–Crippen LogP) is 1.50. The molecule has 0 fully saturated rings. The third-order valence-electron chi connectivity index (χ3n) is 1.80. The van der Waals surface area contributed by atoms with Crippen LogP contribution in [0.25, 0.3) is 0 Å². The second kappa shape index (κ2) is 5.29. The van der Waals surface area contributed by atoms with E-state index in [9.17, 15) is 4.79 Å². The summed E-state index contributed by atoms with van der Waals surface area (Å²) in [5.41, 5.74) is 0. The molecular formula is C10H16N4O. The number of rotatable bonds is 4. The van der Waals surface area contributed by atoms with Crippen LogP contribution in [0.15, 0.2) is 12.4 Å². The van der Waals surface area contributed by atoms with E-state index < -0.39 is 0 Å². The number of carbonyl (C=O) groups is 1. The van der Waals surface area contributed by atoms with Crippen LogP contribution < -0.4 is 10.6 Å². The summed E-state index contributed by atoms with van der Waals surface area (Å²) < 4.78 is 0. The number of carbonyl (C=O) groups excluding carboxylic acids is 1. The number of anilines is 2. The Balaban J connectivity index is 2.69. The average molecular weight is 208 g/mol. The summed E-state index contributed by atoms with van der Waals surface area (Å²) in [6, 6.07) is 1.71. The Morgan fingerprint density at radius 3 is 2.67 bits per heavy atom. The van der Waals surface area contributed by atoms with Crippen LogP contribution in [-0.2, 0) is 4.79 Å². The standard InChI is InChI=1S/C10H16N4O/c1-4-11-8-5-9(13-6-12-8)14-10(15)7(2)3/h5-7H,4H2,1-3H3,(H2,11,12,13,14,15). The van der Waals surface area contributed by atoms with Crippen molar-refractivity contribution in [1.29, 1.82) is 0 Å². The molecule has 82 valence electrons. The first kappa shape index (κ1) is 11.4. The predicted molar refractivity (Wildman–Crippen MR) is 59.7 cm³/mol. The summed E-state index contributed by atoms with van der Waals surface area (Å²) >= 11 is 0. The first-order valence-corrected chi connectivity index (χ1v) is 5.00. The van der Waals surface area contributed by atoms with E-state index in [4.69, 9.17) is 0 Å². The van der Waals surface area contributed by atoms with Crippen LogP contribution in [0.3, 0.4) is 0 Å². The normalized spacial score (nSPS) is 10.1. The highest BCUT2D eigenvalue weighted by atomic mass is 16.1. The third-order valence-corrected chi connectivity index (χ3v) is 1.80. The van der Waals surface area contributed by atoms with E-state index >= 15 is 0 Å². The average Bonchev–Trinajstić information content (AvgIpc) is 2.18.